The van der Waals surface area contributed by atoms with Gasteiger partial charge in [-0.15, -0.1) is 0 Å². The lowest BCUT2D eigenvalue weighted by Gasteiger charge is -2.34. The molecule has 1 aromatic carbocycles. The number of hydrogen-bond acceptors (Lipinski definition) is 4. The normalized spacial score (nSPS) is 15.2. The van der Waals surface area contributed by atoms with E-state index in [2.05, 4.69) is 11.0 Å². The first-order chi connectivity index (χ1) is 11.6. The van der Waals surface area contributed by atoms with E-state index >= 15 is 0 Å². The van der Waals surface area contributed by atoms with Gasteiger partial charge in [0.2, 0.25) is 0 Å². The molecule has 3 heterocycles. The number of aryl methyl sites for hydroxylation is 1. The molecule has 6 heteroatoms. The van der Waals surface area contributed by atoms with E-state index < -0.39 is 0 Å². The molecule has 1 amide bonds. The summed E-state index contributed by atoms with van der Waals surface area (Å²) in [5, 5.41) is 1.05. The fourth-order valence-corrected chi connectivity index (χ4v) is 4.12. The summed E-state index contributed by atoms with van der Waals surface area (Å²) in [5.74, 6) is 0.136. The quantitative estimate of drug-likeness (QED) is 0.720. The van der Waals surface area contributed by atoms with Crippen LogP contribution in [0.1, 0.15) is 16.1 Å². The number of fused-ring (bicyclic) bond motifs is 1. The third-order valence-electron chi connectivity index (χ3n) is 4.73. The zero-order valence-corrected chi connectivity index (χ0v) is 14.7. The van der Waals surface area contributed by atoms with Gasteiger partial charge >= 0.3 is 0 Å². The predicted octanol–water partition coefficient (Wildman–Crippen LogP) is 2.91. The van der Waals surface area contributed by atoms with Gasteiger partial charge in [0.1, 0.15) is 0 Å². The molecular formula is C18H20N4OS. The fourth-order valence-electron chi connectivity index (χ4n) is 3.10. The van der Waals surface area contributed by atoms with E-state index in [1.165, 1.54) is 4.70 Å². The van der Waals surface area contributed by atoms with Crippen molar-refractivity contribution in [2.75, 3.05) is 31.1 Å². The molecule has 2 aromatic heterocycles. The van der Waals surface area contributed by atoms with Crippen molar-refractivity contribution in [2.45, 2.75) is 6.92 Å². The molecule has 1 saturated heterocycles. The first-order valence-corrected chi connectivity index (χ1v) is 8.97. The second kappa shape index (κ2) is 5.94. The highest BCUT2D eigenvalue weighted by Crippen LogP contribution is 2.29. The summed E-state index contributed by atoms with van der Waals surface area (Å²) in [6.07, 6.45) is 1.94. The van der Waals surface area contributed by atoms with Crippen LogP contribution >= 0.6 is 11.3 Å². The number of rotatable bonds is 2. The van der Waals surface area contributed by atoms with E-state index in [0.717, 1.165) is 48.1 Å². The number of benzene rings is 1. The minimum absolute atomic E-state index is 0.136. The fraction of sp³-hybridized carbons (Fsp3) is 0.333. The van der Waals surface area contributed by atoms with Crippen LogP contribution in [0.5, 0.6) is 0 Å². The number of hydrogen-bond donors (Lipinski definition) is 0. The lowest BCUT2D eigenvalue weighted by atomic mass is 10.2. The van der Waals surface area contributed by atoms with Crippen molar-refractivity contribution in [1.82, 2.24) is 14.5 Å². The third kappa shape index (κ3) is 2.57. The van der Waals surface area contributed by atoms with Crippen LogP contribution in [0.2, 0.25) is 0 Å². The van der Waals surface area contributed by atoms with Gasteiger partial charge < -0.3 is 14.4 Å². The maximum absolute atomic E-state index is 12.7. The zero-order chi connectivity index (χ0) is 16.7. The van der Waals surface area contributed by atoms with Crippen molar-refractivity contribution in [2.24, 2.45) is 7.05 Å². The summed E-state index contributed by atoms with van der Waals surface area (Å²) < 4.78 is 3.20. The maximum atomic E-state index is 12.7. The molecular weight excluding hydrogens is 320 g/mol. The van der Waals surface area contributed by atoms with E-state index in [1.807, 2.05) is 53.9 Å². The van der Waals surface area contributed by atoms with E-state index in [-0.39, 0.29) is 5.91 Å². The molecule has 3 aromatic rings. The molecule has 4 rings (SSSR count). The Kier molecular flexibility index (Phi) is 3.76. The van der Waals surface area contributed by atoms with Crippen molar-refractivity contribution in [1.29, 1.82) is 0 Å². The van der Waals surface area contributed by atoms with E-state index in [4.69, 9.17) is 4.98 Å². The molecule has 1 fully saturated rings. The highest BCUT2D eigenvalue weighted by Gasteiger charge is 2.25. The van der Waals surface area contributed by atoms with Crippen LogP contribution in [0.4, 0.5) is 5.13 Å². The molecule has 0 N–H and O–H groups in total. The van der Waals surface area contributed by atoms with Crippen LogP contribution in [-0.2, 0) is 7.05 Å². The van der Waals surface area contributed by atoms with Gasteiger partial charge in [0, 0.05) is 45.1 Å². The summed E-state index contributed by atoms with van der Waals surface area (Å²) in [6.45, 7) is 5.13. The molecule has 0 bridgehead atoms. The molecule has 0 saturated carbocycles. The van der Waals surface area contributed by atoms with Gasteiger partial charge in [-0.3, -0.25) is 4.79 Å². The smallest absolute Gasteiger partial charge is 0.255 e. The zero-order valence-electron chi connectivity index (χ0n) is 13.9. The van der Waals surface area contributed by atoms with Gasteiger partial charge in [0.25, 0.3) is 5.91 Å². The van der Waals surface area contributed by atoms with Gasteiger partial charge in [0.05, 0.1) is 15.8 Å². The lowest BCUT2D eigenvalue weighted by Crippen LogP contribution is -2.48. The summed E-state index contributed by atoms with van der Waals surface area (Å²) in [7, 11) is 1.97. The van der Waals surface area contributed by atoms with Gasteiger partial charge in [0.15, 0.2) is 5.13 Å². The average molecular weight is 340 g/mol. The van der Waals surface area contributed by atoms with Gasteiger partial charge in [-0.25, -0.2) is 4.98 Å². The number of anilines is 1. The Balaban J connectivity index is 1.46. The Labute approximate surface area is 145 Å². The van der Waals surface area contributed by atoms with Gasteiger partial charge in [-0.2, -0.15) is 0 Å². The standard InChI is InChI=1S/C18H20N4OS/c1-13-14(7-8-20(13)2)17(23)21-9-11-22(12-10-21)18-19-15-5-3-4-6-16(15)24-18/h3-8H,9-12H2,1-2H3. The molecule has 0 spiro atoms. The van der Waals surface area contributed by atoms with E-state index in [9.17, 15) is 4.79 Å². The van der Waals surface area contributed by atoms with Crippen molar-refractivity contribution < 1.29 is 4.79 Å². The van der Waals surface area contributed by atoms with Gasteiger partial charge in [-0.1, -0.05) is 23.5 Å². The Morgan fingerprint density at radius 1 is 1.12 bits per heavy atom. The number of nitrogens with zero attached hydrogens (tertiary/aromatic N) is 4. The highest BCUT2D eigenvalue weighted by molar-refractivity contribution is 7.22. The van der Waals surface area contributed by atoms with Crippen molar-refractivity contribution in [3.05, 3.63) is 47.8 Å². The third-order valence-corrected chi connectivity index (χ3v) is 5.83. The molecule has 24 heavy (non-hydrogen) atoms. The minimum atomic E-state index is 0.136. The molecule has 124 valence electrons. The van der Waals surface area contributed by atoms with Crippen molar-refractivity contribution in [3.8, 4) is 0 Å². The number of carbonyl (C=O) groups excluding carboxylic acids is 1. The lowest BCUT2D eigenvalue weighted by molar-refractivity contribution is 0.0746. The Bertz CT molecular complexity index is 856. The first kappa shape index (κ1) is 15.2. The number of amides is 1. The monoisotopic (exact) mass is 340 g/mol. The second-order valence-corrected chi connectivity index (χ2v) is 7.18. The van der Waals surface area contributed by atoms with Crippen LogP contribution in [-0.4, -0.2) is 46.5 Å². The molecule has 0 aliphatic carbocycles. The van der Waals surface area contributed by atoms with Crippen LogP contribution in [0.15, 0.2) is 36.5 Å². The number of para-hydroxylation sites is 1. The minimum Gasteiger partial charge on any atom is -0.354 e. The number of carbonyl (C=O) groups is 1. The molecule has 1 aliphatic rings. The Hall–Kier alpha value is -2.34. The van der Waals surface area contributed by atoms with E-state index in [0.29, 0.717) is 0 Å². The summed E-state index contributed by atoms with van der Waals surface area (Å²) >= 11 is 1.72. The summed E-state index contributed by atoms with van der Waals surface area (Å²) in [5.41, 5.74) is 2.88. The largest absolute Gasteiger partial charge is 0.354 e. The SMILES string of the molecule is Cc1c(C(=O)N2CCN(c3nc4ccccc4s3)CC2)ccn1C. The molecule has 0 unspecified atom stereocenters. The van der Waals surface area contributed by atoms with Crippen LogP contribution in [0.3, 0.4) is 0 Å². The molecule has 5 nitrogen and oxygen atoms in total. The Morgan fingerprint density at radius 3 is 2.54 bits per heavy atom. The van der Waals surface area contributed by atoms with Crippen molar-refractivity contribution in [3.63, 3.8) is 0 Å². The summed E-state index contributed by atoms with van der Waals surface area (Å²) in [6, 6.07) is 10.1. The number of thiazole rings is 1. The average Bonchev–Trinajstić information content (AvgIpc) is 3.19. The number of piperazine rings is 1. The van der Waals surface area contributed by atoms with Crippen molar-refractivity contribution >= 4 is 32.6 Å². The first-order valence-electron chi connectivity index (χ1n) is 8.15. The molecule has 0 radical (unpaired) electrons. The summed E-state index contributed by atoms with van der Waals surface area (Å²) in [4.78, 5) is 21.7. The van der Waals surface area contributed by atoms with Crippen LogP contribution in [0.25, 0.3) is 10.2 Å². The maximum Gasteiger partial charge on any atom is 0.255 e. The van der Waals surface area contributed by atoms with Crippen LogP contribution < -0.4 is 4.90 Å². The molecule has 0 atom stereocenters. The highest BCUT2D eigenvalue weighted by atomic mass is 32.1. The topological polar surface area (TPSA) is 41.4 Å². The molecule has 1 aliphatic heterocycles. The predicted molar refractivity (Wildman–Crippen MR) is 97.9 cm³/mol. The van der Waals surface area contributed by atoms with E-state index in [1.54, 1.807) is 11.3 Å². The Morgan fingerprint density at radius 2 is 1.88 bits per heavy atom. The van der Waals surface area contributed by atoms with Crippen LogP contribution in [0, 0.1) is 6.92 Å². The second-order valence-electron chi connectivity index (χ2n) is 6.17. The number of aromatic nitrogens is 2. The van der Waals surface area contributed by atoms with Gasteiger partial charge in [-0.05, 0) is 25.1 Å².